The molecule has 3 aliphatic rings. The minimum atomic E-state index is -0.528. The molecule has 0 N–H and O–H groups in total. The van der Waals surface area contributed by atoms with Crippen molar-refractivity contribution in [3.05, 3.63) is 40.0 Å². The lowest BCUT2D eigenvalue weighted by Crippen LogP contribution is -2.37. The SMILES string of the molecule is C[C@]12C(=O)N(c3ccc(I)cc3)C(=O)[C@@H]1[C@H]1C=C[C@H]2C1. The maximum atomic E-state index is 12.9. The summed E-state index contributed by atoms with van der Waals surface area (Å²) in [5.41, 5.74) is 0.176. The third-order valence-electron chi connectivity index (χ3n) is 5.20. The van der Waals surface area contributed by atoms with E-state index in [1.807, 2.05) is 31.2 Å². The normalized spacial score (nSPS) is 37.9. The number of carbonyl (C=O) groups excluding carboxylic acids is 2. The largest absolute Gasteiger partial charge is 0.274 e. The maximum Gasteiger partial charge on any atom is 0.241 e. The van der Waals surface area contributed by atoms with Crippen molar-refractivity contribution in [1.82, 2.24) is 0 Å². The van der Waals surface area contributed by atoms with Crippen molar-refractivity contribution in [3.63, 3.8) is 0 Å². The fourth-order valence-corrected chi connectivity index (χ4v) is 4.50. The fraction of sp³-hybridized carbons (Fsp3) is 0.375. The van der Waals surface area contributed by atoms with Gasteiger partial charge in [-0.1, -0.05) is 12.2 Å². The Bertz CT molecular complexity index is 651. The topological polar surface area (TPSA) is 37.4 Å². The minimum absolute atomic E-state index is 0.0180. The van der Waals surface area contributed by atoms with Crippen molar-refractivity contribution < 1.29 is 9.59 Å². The van der Waals surface area contributed by atoms with E-state index in [1.165, 1.54) is 4.90 Å². The fourth-order valence-electron chi connectivity index (χ4n) is 4.14. The second kappa shape index (κ2) is 3.93. The van der Waals surface area contributed by atoms with Crippen molar-refractivity contribution in [2.45, 2.75) is 13.3 Å². The minimum Gasteiger partial charge on any atom is -0.274 e. The number of rotatable bonds is 1. The summed E-state index contributed by atoms with van der Waals surface area (Å²) in [6.07, 6.45) is 5.21. The summed E-state index contributed by atoms with van der Waals surface area (Å²) < 4.78 is 1.10. The molecule has 2 bridgehead atoms. The molecule has 1 aromatic carbocycles. The molecule has 3 nitrogen and oxygen atoms in total. The Morgan fingerprint density at radius 3 is 2.55 bits per heavy atom. The summed E-state index contributed by atoms with van der Waals surface area (Å²) in [5, 5.41) is 0. The number of nitrogens with zero attached hydrogens (tertiary/aromatic N) is 1. The zero-order valence-corrected chi connectivity index (χ0v) is 13.2. The van der Waals surface area contributed by atoms with E-state index in [0.29, 0.717) is 5.69 Å². The van der Waals surface area contributed by atoms with Crippen molar-refractivity contribution in [1.29, 1.82) is 0 Å². The van der Waals surface area contributed by atoms with Crippen LogP contribution in [-0.4, -0.2) is 11.8 Å². The van der Waals surface area contributed by atoms with Crippen LogP contribution in [0.4, 0.5) is 5.69 Å². The van der Waals surface area contributed by atoms with Crippen LogP contribution in [0.5, 0.6) is 0 Å². The van der Waals surface area contributed by atoms with Crippen molar-refractivity contribution in [2.24, 2.45) is 23.2 Å². The second-order valence-electron chi connectivity index (χ2n) is 6.11. The molecule has 20 heavy (non-hydrogen) atoms. The van der Waals surface area contributed by atoms with Crippen molar-refractivity contribution in [2.75, 3.05) is 4.90 Å². The molecule has 1 saturated heterocycles. The van der Waals surface area contributed by atoms with Gasteiger partial charge in [-0.2, -0.15) is 0 Å². The van der Waals surface area contributed by atoms with Crippen LogP contribution in [0.3, 0.4) is 0 Å². The Labute approximate surface area is 131 Å². The van der Waals surface area contributed by atoms with Gasteiger partial charge in [0, 0.05) is 3.57 Å². The van der Waals surface area contributed by atoms with Crippen LogP contribution in [0.2, 0.25) is 0 Å². The molecule has 4 rings (SSSR count). The zero-order valence-electron chi connectivity index (χ0n) is 11.0. The molecule has 0 radical (unpaired) electrons. The lowest BCUT2D eigenvalue weighted by molar-refractivity contribution is -0.127. The molecule has 2 amide bonds. The van der Waals surface area contributed by atoms with Gasteiger partial charge in [0.05, 0.1) is 17.0 Å². The lowest BCUT2D eigenvalue weighted by Gasteiger charge is -2.28. The summed E-state index contributed by atoms with van der Waals surface area (Å²) in [5.74, 6) is 0.267. The van der Waals surface area contributed by atoms with Crippen molar-refractivity contribution >= 4 is 40.1 Å². The predicted molar refractivity (Wildman–Crippen MR) is 84.0 cm³/mol. The average molecular weight is 379 g/mol. The molecule has 2 fully saturated rings. The second-order valence-corrected chi connectivity index (χ2v) is 7.35. The number of benzene rings is 1. The Kier molecular flexibility index (Phi) is 2.47. The van der Waals surface area contributed by atoms with E-state index in [2.05, 4.69) is 34.7 Å². The molecule has 4 atom stereocenters. The van der Waals surface area contributed by atoms with Gasteiger partial charge >= 0.3 is 0 Å². The number of imide groups is 1. The van der Waals surface area contributed by atoms with Crippen LogP contribution in [-0.2, 0) is 9.59 Å². The first-order valence-corrected chi connectivity index (χ1v) is 7.93. The Morgan fingerprint density at radius 2 is 1.90 bits per heavy atom. The van der Waals surface area contributed by atoms with Crippen LogP contribution in [0.1, 0.15) is 13.3 Å². The van der Waals surface area contributed by atoms with E-state index in [-0.39, 0.29) is 29.6 Å². The number of halogens is 1. The summed E-state index contributed by atoms with van der Waals surface area (Å²) in [6, 6.07) is 7.58. The zero-order chi connectivity index (χ0) is 14.1. The Balaban J connectivity index is 1.80. The van der Waals surface area contributed by atoms with E-state index in [0.717, 1.165) is 9.99 Å². The van der Waals surface area contributed by atoms with E-state index in [1.54, 1.807) is 0 Å². The maximum absolute atomic E-state index is 12.9. The number of anilines is 1. The van der Waals surface area contributed by atoms with Gasteiger partial charge in [-0.25, -0.2) is 4.90 Å². The number of fused-ring (bicyclic) bond motifs is 5. The molecule has 0 unspecified atom stereocenters. The number of hydrogen-bond donors (Lipinski definition) is 0. The molecular formula is C16H14INO2. The summed E-state index contributed by atoms with van der Waals surface area (Å²) in [4.78, 5) is 27.0. The summed E-state index contributed by atoms with van der Waals surface area (Å²) in [7, 11) is 0. The molecule has 1 heterocycles. The van der Waals surface area contributed by atoms with Gasteiger partial charge in [0.25, 0.3) is 0 Å². The van der Waals surface area contributed by atoms with Crippen LogP contribution in [0, 0.1) is 26.7 Å². The monoisotopic (exact) mass is 379 g/mol. The van der Waals surface area contributed by atoms with E-state index < -0.39 is 5.41 Å². The predicted octanol–water partition coefficient (Wildman–Crippen LogP) is 2.99. The van der Waals surface area contributed by atoms with Crippen LogP contribution < -0.4 is 4.90 Å². The molecule has 1 aliphatic heterocycles. The first-order chi connectivity index (χ1) is 9.53. The lowest BCUT2D eigenvalue weighted by atomic mass is 9.71. The highest BCUT2D eigenvalue weighted by Gasteiger charge is 2.67. The Hall–Kier alpha value is -1.17. The molecule has 0 spiro atoms. The van der Waals surface area contributed by atoms with Crippen molar-refractivity contribution in [3.8, 4) is 0 Å². The van der Waals surface area contributed by atoms with E-state index >= 15 is 0 Å². The molecule has 1 saturated carbocycles. The van der Waals surface area contributed by atoms with Gasteiger partial charge < -0.3 is 0 Å². The van der Waals surface area contributed by atoms with Gasteiger partial charge in [-0.3, -0.25) is 9.59 Å². The Morgan fingerprint density at radius 1 is 1.20 bits per heavy atom. The van der Waals surface area contributed by atoms with Gasteiger partial charge in [-0.15, -0.1) is 0 Å². The van der Waals surface area contributed by atoms with Crippen LogP contribution in [0.25, 0.3) is 0 Å². The van der Waals surface area contributed by atoms with Crippen LogP contribution in [0.15, 0.2) is 36.4 Å². The average Bonchev–Trinajstić information content (AvgIpc) is 3.05. The number of amides is 2. The smallest absolute Gasteiger partial charge is 0.241 e. The van der Waals surface area contributed by atoms with Gasteiger partial charge in [0.1, 0.15) is 0 Å². The summed E-state index contributed by atoms with van der Waals surface area (Å²) in [6.45, 7) is 1.97. The van der Waals surface area contributed by atoms with Crippen LogP contribution >= 0.6 is 22.6 Å². The standard InChI is InChI=1S/C16H14INO2/c1-16-10-3-2-9(8-10)13(16)14(19)18(15(16)20)12-6-4-11(17)5-7-12/h2-7,9-10,13H,8H2,1H3/t9-,10-,13-,16+/m0/s1. The molecule has 102 valence electrons. The highest BCUT2D eigenvalue weighted by atomic mass is 127. The van der Waals surface area contributed by atoms with Gasteiger partial charge in [0.2, 0.25) is 11.8 Å². The third-order valence-corrected chi connectivity index (χ3v) is 5.92. The van der Waals surface area contributed by atoms with Gasteiger partial charge in [-0.05, 0) is 72.0 Å². The number of allylic oxidation sites excluding steroid dienone is 2. The molecule has 1 aromatic rings. The molecule has 0 aromatic heterocycles. The summed E-state index contributed by atoms with van der Waals surface area (Å²) >= 11 is 2.22. The molecule has 2 aliphatic carbocycles. The number of carbonyl (C=O) groups is 2. The highest BCUT2D eigenvalue weighted by molar-refractivity contribution is 14.1. The molecular weight excluding hydrogens is 365 g/mol. The van der Waals surface area contributed by atoms with E-state index in [4.69, 9.17) is 0 Å². The number of hydrogen-bond acceptors (Lipinski definition) is 2. The first-order valence-electron chi connectivity index (χ1n) is 6.86. The quantitative estimate of drug-likeness (QED) is 0.428. The molecule has 4 heteroatoms. The highest BCUT2D eigenvalue weighted by Crippen LogP contribution is 2.60. The third kappa shape index (κ3) is 1.35. The van der Waals surface area contributed by atoms with E-state index in [9.17, 15) is 9.59 Å². The van der Waals surface area contributed by atoms with Gasteiger partial charge in [0.15, 0.2) is 0 Å². The first kappa shape index (κ1) is 12.6.